The van der Waals surface area contributed by atoms with Crippen LogP contribution in [0.5, 0.6) is 5.75 Å². The molecular formula is C20H22N6O4S. The number of pyridine rings is 1. The summed E-state index contributed by atoms with van der Waals surface area (Å²) in [5.74, 6) is 1.39. The SMILES string of the molecule is COc1c(C)cnc(Cn2nc3c4c(nc(NC(=O)O)nc42)SCC(CCO)=C3)c1C. The van der Waals surface area contributed by atoms with E-state index >= 15 is 0 Å². The van der Waals surface area contributed by atoms with Gasteiger partial charge in [-0.3, -0.25) is 10.3 Å². The van der Waals surface area contributed by atoms with Crippen LogP contribution in [0.4, 0.5) is 10.7 Å². The van der Waals surface area contributed by atoms with Crippen LogP contribution in [0.3, 0.4) is 0 Å². The second-order valence-corrected chi connectivity index (χ2v) is 8.10. The van der Waals surface area contributed by atoms with Crippen LogP contribution in [-0.2, 0) is 6.54 Å². The summed E-state index contributed by atoms with van der Waals surface area (Å²) in [5.41, 5.74) is 4.85. The van der Waals surface area contributed by atoms with Crippen molar-refractivity contribution in [3.8, 4) is 5.75 Å². The van der Waals surface area contributed by atoms with E-state index in [0.29, 0.717) is 35.1 Å². The first-order valence-electron chi connectivity index (χ1n) is 9.62. The molecule has 10 nitrogen and oxygen atoms in total. The number of hydrogen-bond acceptors (Lipinski definition) is 8. The Morgan fingerprint density at radius 2 is 2.16 bits per heavy atom. The summed E-state index contributed by atoms with van der Waals surface area (Å²) >= 11 is 1.47. The molecule has 3 aromatic rings. The van der Waals surface area contributed by atoms with Gasteiger partial charge in [0.25, 0.3) is 0 Å². The average molecular weight is 443 g/mol. The van der Waals surface area contributed by atoms with Crippen molar-refractivity contribution >= 4 is 40.9 Å². The van der Waals surface area contributed by atoms with Crippen LogP contribution in [0.15, 0.2) is 16.8 Å². The number of nitrogens with one attached hydrogen (secondary N) is 1. The highest BCUT2D eigenvalue weighted by Gasteiger charge is 2.23. The fraction of sp³-hybridized carbons (Fsp3) is 0.350. The van der Waals surface area contributed by atoms with Crippen LogP contribution in [0.1, 0.15) is 28.9 Å². The summed E-state index contributed by atoms with van der Waals surface area (Å²) in [7, 11) is 1.63. The van der Waals surface area contributed by atoms with Crippen LogP contribution in [0.2, 0.25) is 0 Å². The van der Waals surface area contributed by atoms with Crippen molar-refractivity contribution in [2.24, 2.45) is 0 Å². The summed E-state index contributed by atoms with van der Waals surface area (Å²) in [6.45, 7) is 4.24. The van der Waals surface area contributed by atoms with Crippen LogP contribution < -0.4 is 10.1 Å². The van der Waals surface area contributed by atoms with Gasteiger partial charge in [0.05, 0.1) is 30.4 Å². The van der Waals surface area contributed by atoms with Crippen molar-refractivity contribution in [1.82, 2.24) is 24.7 Å². The maximum atomic E-state index is 11.2. The quantitative estimate of drug-likeness (QED) is 0.492. The fourth-order valence-electron chi connectivity index (χ4n) is 3.59. The Morgan fingerprint density at radius 1 is 1.35 bits per heavy atom. The smallest absolute Gasteiger partial charge is 0.411 e. The molecule has 11 heteroatoms. The maximum Gasteiger partial charge on any atom is 0.411 e. The highest BCUT2D eigenvalue weighted by molar-refractivity contribution is 7.99. The summed E-state index contributed by atoms with van der Waals surface area (Å²) in [5, 5.41) is 26.9. The molecule has 0 aliphatic carbocycles. The molecule has 4 heterocycles. The number of anilines is 1. The van der Waals surface area contributed by atoms with Crippen molar-refractivity contribution in [2.45, 2.75) is 31.8 Å². The number of aliphatic hydroxyl groups is 1. The minimum atomic E-state index is -1.24. The zero-order valence-corrected chi connectivity index (χ0v) is 18.2. The summed E-state index contributed by atoms with van der Waals surface area (Å²) in [6, 6.07) is 0. The Kier molecular flexibility index (Phi) is 5.79. The number of carboxylic acid groups (broad SMARTS) is 1. The van der Waals surface area contributed by atoms with E-state index in [2.05, 4.69) is 20.3 Å². The summed E-state index contributed by atoms with van der Waals surface area (Å²) in [6.07, 6.45) is 2.99. The second kappa shape index (κ2) is 8.52. The van der Waals surface area contributed by atoms with E-state index in [-0.39, 0.29) is 12.6 Å². The van der Waals surface area contributed by atoms with E-state index in [9.17, 15) is 9.90 Å². The molecule has 0 unspecified atom stereocenters. The fourth-order valence-corrected chi connectivity index (χ4v) is 4.63. The molecule has 31 heavy (non-hydrogen) atoms. The third kappa shape index (κ3) is 4.06. The Balaban J connectivity index is 1.87. The van der Waals surface area contributed by atoms with Gasteiger partial charge in [-0.15, -0.1) is 11.8 Å². The van der Waals surface area contributed by atoms with Crippen molar-refractivity contribution < 1.29 is 19.7 Å². The molecule has 0 saturated carbocycles. The van der Waals surface area contributed by atoms with E-state index in [1.807, 2.05) is 19.9 Å². The van der Waals surface area contributed by atoms with Crippen LogP contribution in [0, 0.1) is 13.8 Å². The molecule has 162 valence electrons. The molecule has 3 aromatic heterocycles. The number of thioether (sulfide) groups is 1. The lowest BCUT2D eigenvalue weighted by Gasteiger charge is -2.13. The highest BCUT2D eigenvalue weighted by Crippen LogP contribution is 2.36. The number of amides is 1. The van der Waals surface area contributed by atoms with Gasteiger partial charge in [0, 0.05) is 29.7 Å². The number of aryl methyl sites for hydroxylation is 1. The Morgan fingerprint density at radius 3 is 2.87 bits per heavy atom. The molecule has 0 spiro atoms. The van der Waals surface area contributed by atoms with E-state index < -0.39 is 6.09 Å². The van der Waals surface area contributed by atoms with Crippen molar-refractivity contribution in [3.05, 3.63) is 34.3 Å². The van der Waals surface area contributed by atoms with Gasteiger partial charge < -0.3 is 14.9 Å². The first kappa shape index (κ1) is 21.1. The normalized spacial score (nSPS) is 13.1. The number of rotatable bonds is 6. The topological polar surface area (TPSA) is 135 Å². The number of nitrogens with zero attached hydrogens (tertiary/aromatic N) is 5. The lowest BCUT2D eigenvalue weighted by atomic mass is 10.1. The molecule has 0 fully saturated rings. The third-order valence-electron chi connectivity index (χ3n) is 5.02. The second-order valence-electron chi connectivity index (χ2n) is 7.14. The first-order chi connectivity index (χ1) is 14.9. The van der Waals surface area contributed by atoms with Crippen molar-refractivity contribution in [2.75, 3.05) is 24.8 Å². The van der Waals surface area contributed by atoms with Gasteiger partial charge in [0.1, 0.15) is 10.8 Å². The van der Waals surface area contributed by atoms with Gasteiger partial charge in [0.2, 0.25) is 5.95 Å². The molecule has 1 aliphatic heterocycles. The largest absolute Gasteiger partial charge is 0.496 e. The number of aliphatic hydroxyl groups excluding tert-OH is 1. The van der Waals surface area contributed by atoms with E-state index in [0.717, 1.165) is 33.5 Å². The Labute approximate surface area is 182 Å². The van der Waals surface area contributed by atoms with E-state index in [1.165, 1.54) is 11.8 Å². The van der Waals surface area contributed by atoms with E-state index in [1.54, 1.807) is 18.0 Å². The monoisotopic (exact) mass is 442 g/mol. The predicted molar refractivity (Wildman–Crippen MR) is 117 cm³/mol. The summed E-state index contributed by atoms with van der Waals surface area (Å²) in [4.78, 5) is 24.5. The van der Waals surface area contributed by atoms with Gasteiger partial charge in [-0.1, -0.05) is 5.57 Å². The molecule has 0 radical (unpaired) electrons. The molecule has 1 aliphatic rings. The molecule has 3 N–H and O–H groups in total. The average Bonchev–Trinajstić information content (AvgIpc) is 2.95. The first-order valence-corrected chi connectivity index (χ1v) is 10.6. The molecule has 0 saturated heterocycles. The lowest BCUT2D eigenvalue weighted by Crippen LogP contribution is -2.12. The standard InChI is InChI=1S/C20H22N6O4S/c1-10-7-21-14(11(2)16(10)30-3)8-26-17-15-13(25-26)6-12(4-5-27)9-31-18(15)23-19(22-17)24-20(28)29/h6-7,27H,4-5,8-9H2,1-3H3,(H,28,29)(H,22,23,24). The zero-order chi connectivity index (χ0) is 22.1. The Bertz CT molecular complexity index is 1210. The molecule has 0 atom stereocenters. The minimum Gasteiger partial charge on any atom is -0.496 e. The summed E-state index contributed by atoms with van der Waals surface area (Å²) < 4.78 is 7.21. The molecule has 0 aromatic carbocycles. The van der Waals surface area contributed by atoms with Gasteiger partial charge in [-0.25, -0.2) is 14.5 Å². The van der Waals surface area contributed by atoms with Crippen molar-refractivity contribution in [1.29, 1.82) is 0 Å². The molecule has 4 rings (SSSR count). The van der Waals surface area contributed by atoms with Crippen LogP contribution in [-0.4, -0.2) is 60.5 Å². The Hall–Kier alpha value is -3.18. The van der Waals surface area contributed by atoms with Crippen LogP contribution >= 0.6 is 11.8 Å². The zero-order valence-electron chi connectivity index (χ0n) is 17.3. The third-order valence-corrected chi connectivity index (χ3v) is 6.11. The minimum absolute atomic E-state index is 0.00743. The van der Waals surface area contributed by atoms with Gasteiger partial charge in [-0.2, -0.15) is 10.1 Å². The number of carbonyl (C=O) groups is 1. The number of aromatic nitrogens is 5. The highest BCUT2D eigenvalue weighted by atomic mass is 32.2. The number of methoxy groups -OCH3 is 1. The van der Waals surface area contributed by atoms with Gasteiger partial charge in [-0.05, 0) is 26.3 Å². The van der Waals surface area contributed by atoms with Crippen LogP contribution in [0.25, 0.3) is 17.1 Å². The van der Waals surface area contributed by atoms with Gasteiger partial charge in [0.15, 0.2) is 5.65 Å². The predicted octanol–water partition coefficient (Wildman–Crippen LogP) is 2.86. The molecule has 0 bridgehead atoms. The van der Waals surface area contributed by atoms with Gasteiger partial charge >= 0.3 is 6.09 Å². The lowest BCUT2D eigenvalue weighted by molar-refractivity contribution is 0.209. The number of hydrogen-bond donors (Lipinski definition) is 3. The van der Waals surface area contributed by atoms with E-state index in [4.69, 9.17) is 14.9 Å². The number of ether oxygens (including phenoxy) is 1. The molecule has 1 amide bonds. The molecular weight excluding hydrogens is 420 g/mol. The maximum absolute atomic E-state index is 11.2. The van der Waals surface area contributed by atoms with Crippen molar-refractivity contribution in [3.63, 3.8) is 0 Å².